The minimum atomic E-state index is 0.984. The highest BCUT2D eigenvalue weighted by atomic mass is 79.9. The van der Waals surface area contributed by atoms with E-state index in [1.54, 1.807) is 9.20 Å². The first-order chi connectivity index (χ1) is 7.74. The molecule has 0 saturated heterocycles. The van der Waals surface area contributed by atoms with Crippen LogP contribution in [0.3, 0.4) is 0 Å². The molecule has 3 rings (SSSR count). The number of hydrogen-bond acceptors (Lipinski definition) is 2. The Kier molecular flexibility index (Phi) is 2.07. The Labute approximate surface area is 101 Å². The molecule has 4 nitrogen and oxygen atoms in total. The standard InChI is InChI=1S/C11H9BrN4/c1-15-11-6-9(7-16(11)14-13-15)8-2-4-10(12)5-3-8/h2-7H,1H3. The summed E-state index contributed by atoms with van der Waals surface area (Å²) < 4.78 is 4.61. The Balaban J connectivity index is 2.15. The molecule has 3 aromatic rings. The van der Waals surface area contributed by atoms with Crippen molar-refractivity contribution in [2.45, 2.75) is 0 Å². The van der Waals surface area contributed by atoms with Crippen molar-refractivity contribution in [3.63, 3.8) is 0 Å². The molecule has 0 aliphatic rings. The summed E-state index contributed by atoms with van der Waals surface area (Å²) in [6.07, 6.45) is 1.98. The summed E-state index contributed by atoms with van der Waals surface area (Å²) in [7, 11) is 1.88. The number of aryl methyl sites for hydroxylation is 1. The van der Waals surface area contributed by atoms with Crippen LogP contribution >= 0.6 is 15.9 Å². The summed E-state index contributed by atoms with van der Waals surface area (Å²) in [4.78, 5) is 0. The fourth-order valence-corrected chi connectivity index (χ4v) is 1.97. The summed E-state index contributed by atoms with van der Waals surface area (Å²) in [5, 5.41) is 7.93. The maximum absolute atomic E-state index is 4.00. The van der Waals surface area contributed by atoms with Gasteiger partial charge in [-0.05, 0) is 34.2 Å². The van der Waals surface area contributed by atoms with E-state index in [4.69, 9.17) is 0 Å². The Morgan fingerprint density at radius 1 is 1.06 bits per heavy atom. The predicted molar refractivity (Wildman–Crippen MR) is 65.1 cm³/mol. The molecular formula is C11H9BrN4. The van der Waals surface area contributed by atoms with Gasteiger partial charge in [-0.1, -0.05) is 28.1 Å². The van der Waals surface area contributed by atoms with E-state index in [1.165, 1.54) is 5.56 Å². The number of tetrazole rings is 1. The zero-order valence-corrected chi connectivity index (χ0v) is 10.2. The second kappa shape index (κ2) is 3.45. The SMILES string of the molecule is Cn1nnn2cc(-c3ccc(Br)cc3)cc12. The Hall–Kier alpha value is -1.62. The van der Waals surface area contributed by atoms with Crippen molar-refractivity contribution < 1.29 is 0 Å². The number of benzene rings is 1. The molecule has 1 aromatic carbocycles. The molecule has 0 radical (unpaired) electrons. The summed E-state index contributed by atoms with van der Waals surface area (Å²) in [5.41, 5.74) is 3.31. The highest BCUT2D eigenvalue weighted by Gasteiger charge is 2.06. The molecular weight excluding hydrogens is 268 g/mol. The first-order valence-corrected chi connectivity index (χ1v) is 5.67. The molecule has 0 atom stereocenters. The lowest BCUT2D eigenvalue weighted by molar-refractivity contribution is 0.712. The first-order valence-electron chi connectivity index (χ1n) is 4.88. The summed E-state index contributed by atoms with van der Waals surface area (Å²) in [6.45, 7) is 0. The Morgan fingerprint density at radius 2 is 1.81 bits per heavy atom. The van der Waals surface area contributed by atoms with Crippen LogP contribution in [-0.4, -0.2) is 19.6 Å². The van der Waals surface area contributed by atoms with Gasteiger partial charge in [-0.15, -0.1) is 0 Å². The zero-order chi connectivity index (χ0) is 11.1. The van der Waals surface area contributed by atoms with Gasteiger partial charge in [0.15, 0.2) is 5.65 Å². The number of halogens is 1. The van der Waals surface area contributed by atoms with Crippen LogP contribution < -0.4 is 0 Å². The molecule has 5 heteroatoms. The van der Waals surface area contributed by atoms with Crippen molar-refractivity contribution in [2.24, 2.45) is 7.05 Å². The van der Waals surface area contributed by atoms with Crippen LogP contribution in [0.25, 0.3) is 16.8 Å². The van der Waals surface area contributed by atoms with Gasteiger partial charge in [-0.2, -0.15) is 0 Å². The summed E-state index contributed by atoms with van der Waals surface area (Å²) in [5.74, 6) is 0. The van der Waals surface area contributed by atoms with Crippen LogP contribution in [0.2, 0.25) is 0 Å². The average molecular weight is 277 g/mol. The third-order valence-electron chi connectivity index (χ3n) is 2.56. The third kappa shape index (κ3) is 1.44. The van der Waals surface area contributed by atoms with E-state index in [0.717, 1.165) is 15.7 Å². The van der Waals surface area contributed by atoms with Crippen LogP contribution in [0.4, 0.5) is 0 Å². The lowest BCUT2D eigenvalue weighted by Gasteiger charge is -1.96. The van der Waals surface area contributed by atoms with E-state index in [-0.39, 0.29) is 0 Å². The number of hydrogen-bond donors (Lipinski definition) is 0. The first kappa shape index (κ1) is 9.59. The van der Waals surface area contributed by atoms with Crippen LogP contribution in [-0.2, 0) is 7.05 Å². The fraction of sp³-hybridized carbons (Fsp3) is 0.0909. The van der Waals surface area contributed by atoms with Gasteiger partial charge in [0.25, 0.3) is 0 Å². The van der Waals surface area contributed by atoms with Crippen molar-refractivity contribution >= 4 is 21.6 Å². The molecule has 0 fully saturated rings. The molecule has 0 spiro atoms. The van der Waals surface area contributed by atoms with E-state index >= 15 is 0 Å². The van der Waals surface area contributed by atoms with Crippen molar-refractivity contribution in [1.29, 1.82) is 0 Å². The monoisotopic (exact) mass is 276 g/mol. The van der Waals surface area contributed by atoms with Crippen LogP contribution in [0.15, 0.2) is 41.0 Å². The molecule has 0 aliphatic heterocycles. The van der Waals surface area contributed by atoms with Gasteiger partial charge in [0, 0.05) is 23.3 Å². The molecule has 2 aromatic heterocycles. The molecule has 0 N–H and O–H groups in total. The van der Waals surface area contributed by atoms with E-state index in [0.29, 0.717) is 0 Å². The van der Waals surface area contributed by atoms with E-state index < -0.39 is 0 Å². The highest BCUT2D eigenvalue weighted by molar-refractivity contribution is 9.10. The number of rotatable bonds is 1. The smallest absolute Gasteiger partial charge is 0.153 e. The zero-order valence-electron chi connectivity index (χ0n) is 8.63. The molecule has 0 amide bonds. The number of fused-ring (bicyclic) bond motifs is 1. The molecule has 80 valence electrons. The van der Waals surface area contributed by atoms with Gasteiger partial charge in [0.05, 0.1) is 0 Å². The van der Waals surface area contributed by atoms with Gasteiger partial charge in [-0.3, -0.25) is 0 Å². The lowest BCUT2D eigenvalue weighted by Crippen LogP contribution is -1.88. The largest absolute Gasteiger partial charge is 0.231 e. The van der Waals surface area contributed by atoms with E-state index in [1.807, 2.05) is 25.4 Å². The maximum Gasteiger partial charge on any atom is 0.153 e. The van der Waals surface area contributed by atoms with E-state index in [2.05, 4.69) is 44.6 Å². The van der Waals surface area contributed by atoms with Gasteiger partial charge >= 0.3 is 0 Å². The Morgan fingerprint density at radius 3 is 2.50 bits per heavy atom. The summed E-state index contributed by atoms with van der Waals surface area (Å²) >= 11 is 3.43. The van der Waals surface area contributed by atoms with Gasteiger partial charge in [-0.25, -0.2) is 9.20 Å². The topological polar surface area (TPSA) is 35.1 Å². The predicted octanol–water partition coefficient (Wildman–Crippen LogP) is 2.50. The van der Waals surface area contributed by atoms with Crippen LogP contribution in [0.5, 0.6) is 0 Å². The second-order valence-corrected chi connectivity index (χ2v) is 4.56. The lowest BCUT2D eigenvalue weighted by atomic mass is 10.1. The minimum absolute atomic E-state index is 0.984. The normalized spacial score (nSPS) is 11.1. The average Bonchev–Trinajstić information content (AvgIpc) is 2.83. The second-order valence-electron chi connectivity index (χ2n) is 3.64. The fourth-order valence-electron chi connectivity index (χ4n) is 1.70. The van der Waals surface area contributed by atoms with E-state index in [9.17, 15) is 0 Å². The van der Waals surface area contributed by atoms with Gasteiger partial charge < -0.3 is 0 Å². The molecule has 0 saturated carbocycles. The number of aromatic nitrogens is 4. The molecule has 2 heterocycles. The van der Waals surface area contributed by atoms with Gasteiger partial charge in [0.2, 0.25) is 0 Å². The quantitative estimate of drug-likeness (QED) is 0.685. The summed E-state index contributed by atoms with van der Waals surface area (Å²) in [6, 6.07) is 10.3. The Bertz CT molecular complexity index is 636. The minimum Gasteiger partial charge on any atom is -0.231 e. The van der Waals surface area contributed by atoms with Crippen molar-refractivity contribution in [1.82, 2.24) is 19.6 Å². The van der Waals surface area contributed by atoms with Crippen LogP contribution in [0, 0.1) is 0 Å². The molecule has 0 aliphatic carbocycles. The van der Waals surface area contributed by atoms with Crippen molar-refractivity contribution in [2.75, 3.05) is 0 Å². The maximum atomic E-state index is 4.00. The molecule has 16 heavy (non-hydrogen) atoms. The molecule has 0 unspecified atom stereocenters. The molecule has 0 bridgehead atoms. The highest BCUT2D eigenvalue weighted by Crippen LogP contribution is 2.23. The third-order valence-corrected chi connectivity index (χ3v) is 3.09. The number of nitrogens with zero attached hydrogens (tertiary/aromatic N) is 4. The van der Waals surface area contributed by atoms with Gasteiger partial charge in [0.1, 0.15) is 0 Å². The van der Waals surface area contributed by atoms with Crippen molar-refractivity contribution in [3.8, 4) is 11.1 Å². The van der Waals surface area contributed by atoms with Crippen molar-refractivity contribution in [3.05, 3.63) is 41.0 Å². The van der Waals surface area contributed by atoms with Crippen LogP contribution in [0.1, 0.15) is 0 Å².